The molecular formula is C19H19N3O2. The van der Waals surface area contributed by atoms with Gasteiger partial charge in [0.25, 0.3) is 5.91 Å². The van der Waals surface area contributed by atoms with Crippen LogP contribution in [0.25, 0.3) is 10.9 Å². The first-order chi connectivity index (χ1) is 11.7. The molecule has 122 valence electrons. The molecule has 5 nitrogen and oxygen atoms in total. The van der Waals surface area contributed by atoms with Gasteiger partial charge < -0.3 is 14.5 Å². The summed E-state index contributed by atoms with van der Waals surface area (Å²) in [5.74, 6) is -0.0726. The van der Waals surface area contributed by atoms with E-state index in [9.17, 15) is 9.59 Å². The van der Waals surface area contributed by atoms with Crippen molar-refractivity contribution in [1.82, 2.24) is 14.5 Å². The molecule has 0 saturated heterocycles. The van der Waals surface area contributed by atoms with E-state index in [0.717, 1.165) is 24.0 Å². The fourth-order valence-corrected chi connectivity index (χ4v) is 3.67. The van der Waals surface area contributed by atoms with Crippen molar-refractivity contribution in [2.45, 2.75) is 25.9 Å². The van der Waals surface area contributed by atoms with Crippen LogP contribution in [0.3, 0.4) is 0 Å². The average molecular weight is 321 g/mol. The minimum Gasteiger partial charge on any atom is -0.348 e. The van der Waals surface area contributed by atoms with E-state index in [0.29, 0.717) is 17.6 Å². The second kappa shape index (κ2) is 5.67. The number of aromatic nitrogens is 2. The van der Waals surface area contributed by atoms with Crippen molar-refractivity contribution in [2.75, 3.05) is 6.54 Å². The lowest BCUT2D eigenvalue weighted by molar-refractivity contribution is 0.0619. The molecule has 0 bridgehead atoms. The quantitative estimate of drug-likeness (QED) is 0.789. The summed E-state index contributed by atoms with van der Waals surface area (Å²) in [4.78, 5) is 29.9. The molecule has 1 aliphatic rings. The van der Waals surface area contributed by atoms with Crippen LogP contribution in [0.4, 0.5) is 0 Å². The number of rotatable bonds is 2. The minimum atomic E-state index is -0.245. The predicted molar refractivity (Wildman–Crippen MR) is 93.1 cm³/mol. The number of H-pyrrole nitrogens is 1. The van der Waals surface area contributed by atoms with Gasteiger partial charge >= 0.3 is 0 Å². The fourth-order valence-electron chi connectivity index (χ4n) is 3.67. The third-order valence-corrected chi connectivity index (χ3v) is 4.79. The number of fused-ring (bicyclic) bond motifs is 2. The number of aromatic amines is 1. The molecule has 1 unspecified atom stereocenters. The lowest BCUT2D eigenvalue weighted by atomic mass is 10.0. The Bertz CT molecular complexity index is 970. The number of nitrogens with zero attached hydrogens (tertiary/aromatic N) is 2. The third-order valence-electron chi connectivity index (χ3n) is 4.79. The number of hydrogen-bond acceptors (Lipinski definition) is 2. The molecule has 24 heavy (non-hydrogen) atoms. The van der Waals surface area contributed by atoms with Crippen LogP contribution in [0.5, 0.6) is 0 Å². The summed E-state index contributed by atoms with van der Waals surface area (Å²) < 4.78 is 2.20. The zero-order valence-corrected chi connectivity index (χ0v) is 13.5. The normalized spacial score (nSPS) is 17.0. The van der Waals surface area contributed by atoms with Crippen LogP contribution in [0.15, 0.2) is 53.5 Å². The molecular weight excluding hydrogens is 302 g/mol. The highest BCUT2D eigenvalue weighted by molar-refractivity contribution is 6.06. The number of carbonyl (C=O) groups is 1. The monoisotopic (exact) mass is 321 g/mol. The summed E-state index contributed by atoms with van der Waals surface area (Å²) in [7, 11) is 0. The van der Waals surface area contributed by atoms with Gasteiger partial charge in [0.05, 0.1) is 11.6 Å². The van der Waals surface area contributed by atoms with Gasteiger partial charge in [-0.3, -0.25) is 9.59 Å². The van der Waals surface area contributed by atoms with E-state index < -0.39 is 0 Å². The molecule has 2 aromatic heterocycles. The Balaban J connectivity index is 1.81. The Hall–Kier alpha value is -2.82. The molecule has 1 aliphatic heterocycles. The maximum absolute atomic E-state index is 13.2. The van der Waals surface area contributed by atoms with Crippen molar-refractivity contribution >= 4 is 16.8 Å². The van der Waals surface area contributed by atoms with Gasteiger partial charge in [0, 0.05) is 41.9 Å². The molecule has 3 aromatic rings. The van der Waals surface area contributed by atoms with Gasteiger partial charge in [-0.25, -0.2) is 0 Å². The molecule has 1 aromatic carbocycles. The molecule has 0 fully saturated rings. The first kappa shape index (κ1) is 14.8. The Morgan fingerprint density at radius 1 is 1.21 bits per heavy atom. The Kier molecular flexibility index (Phi) is 3.49. The van der Waals surface area contributed by atoms with Gasteiger partial charge in [0.15, 0.2) is 0 Å². The zero-order valence-electron chi connectivity index (χ0n) is 13.5. The van der Waals surface area contributed by atoms with Crippen LogP contribution in [0.2, 0.25) is 0 Å². The highest BCUT2D eigenvalue weighted by Crippen LogP contribution is 2.30. The molecule has 1 amide bonds. The summed E-state index contributed by atoms with van der Waals surface area (Å²) >= 11 is 0. The molecule has 0 saturated carbocycles. The van der Waals surface area contributed by atoms with E-state index >= 15 is 0 Å². The van der Waals surface area contributed by atoms with Gasteiger partial charge in [-0.05, 0) is 24.6 Å². The van der Waals surface area contributed by atoms with E-state index in [-0.39, 0.29) is 17.5 Å². The van der Waals surface area contributed by atoms with Crippen molar-refractivity contribution in [2.24, 2.45) is 0 Å². The number of hydrogen-bond donors (Lipinski definition) is 1. The minimum absolute atomic E-state index is 0.0410. The summed E-state index contributed by atoms with van der Waals surface area (Å²) in [6.45, 7) is 3.52. The SMILES string of the molecule is CCC1c2cccn2CCN1C(=O)c1cc(=O)[nH]c2ccccc12. The Morgan fingerprint density at radius 3 is 2.88 bits per heavy atom. The maximum atomic E-state index is 13.2. The highest BCUT2D eigenvalue weighted by Gasteiger charge is 2.31. The third kappa shape index (κ3) is 2.24. The van der Waals surface area contributed by atoms with E-state index in [4.69, 9.17) is 0 Å². The molecule has 0 radical (unpaired) electrons. The van der Waals surface area contributed by atoms with E-state index in [1.54, 1.807) is 0 Å². The van der Waals surface area contributed by atoms with Crippen LogP contribution in [-0.2, 0) is 6.54 Å². The molecule has 1 N–H and O–H groups in total. The van der Waals surface area contributed by atoms with Gasteiger partial charge in [-0.1, -0.05) is 25.1 Å². The second-order valence-electron chi connectivity index (χ2n) is 6.14. The summed E-state index contributed by atoms with van der Waals surface area (Å²) in [6.07, 6.45) is 2.90. The van der Waals surface area contributed by atoms with Crippen LogP contribution < -0.4 is 5.56 Å². The maximum Gasteiger partial charge on any atom is 0.255 e. The van der Waals surface area contributed by atoms with Crippen LogP contribution >= 0.6 is 0 Å². The largest absolute Gasteiger partial charge is 0.348 e. The summed E-state index contributed by atoms with van der Waals surface area (Å²) in [5.41, 5.74) is 2.09. The molecule has 5 heteroatoms. The molecule has 1 atom stereocenters. The van der Waals surface area contributed by atoms with Gasteiger partial charge in [0.2, 0.25) is 5.56 Å². The van der Waals surface area contributed by atoms with E-state index in [1.165, 1.54) is 6.07 Å². The standard InChI is InChI=1S/C19H19N3O2/c1-2-16-17-8-5-9-21(17)10-11-22(16)19(24)14-12-18(23)20-15-7-4-3-6-13(14)15/h3-9,12,16H,2,10-11H2,1H3,(H,20,23). The number of pyridine rings is 1. The number of benzene rings is 1. The van der Waals surface area contributed by atoms with Crippen molar-refractivity contribution in [3.63, 3.8) is 0 Å². The number of carbonyl (C=O) groups excluding carboxylic acids is 1. The van der Waals surface area contributed by atoms with Gasteiger partial charge in [0.1, 0.15) is 0 Å². The Morgan fingerprint density at radius 2 is 2.04 bits per heavy atom. The van der Waals surface area contributed by atoms with Crippen LogP contribution in [0.1, 0.15) is 35.4 Å². The average Bonchev–Trinajstić information content (AvgIpc) is 3.08. The molecule has 3 heterocycles. The number of amides is 1. The first-order valence-electron chi connectivity index (χ1n) is 8.27. The summed E-state index contributed by atoms with van der Waals surface area (Å²) in [5, 5.41) is 0.790. The smallest absolute Gasteiger partial charge is 0.255 e. The first-order valence-corrected chi connectivity index (χ1v) is 8.27. The van der Waals surface area contributed by atoms with Crippen molar-refractivity contribution in [1.29, 1.82) is 0 Å². The molecule has 0 spiro atoms. The van der Waals surface area contributed by atoms with Crippen molar-refractivity contribution < 1.29 is 4.79 Å². The van der Waals surface area contributed by atoms with Gasteiger partial charge in [-0.2, -0.15) is 0 Å². The Labute approximate surface area is 139 Å². The van der Waals surface area contributed by atoms with Crippen LogP contribution in [0, 0.1) is 0 Å². The zero-order chi connectivity index (χ0) is 16.7. The topological polar surface area (TPSA) is 58.1 Å². The van der Waals surface area contributed by atoms with Crippen molar-refractivity contribution in [3.05, 3.63) is 70.3 Å². The summed E-state index contributed by atoms with van der Waals surface area (Å²) in [6, 6.07) is 13.0. The van der Waals surface area contributed by atoms with E-state index in [2.05, 4.69) is 28.7 Å². The molecule has 4 rings (SSSR count). The predicted octanol–water partition coefficient (Wildman–Crippen LogP) is 2.94. The van der Waals surface area contributed by atoms with Crippen LogP contribution in [-0.4, -0.2) is 26.9 Å². The lowest BCUT2D eigenvalue weighted by Gasteiger charge is -2.36. The molecule has 0 aliphatic carbocycles. The lowest BCUT2D eigenvalue weighted by Crippen LogP contribution is -2.42. The van der Waals surface area contributed by atoms with Crippen molar-refractivity contribution in [3.8, 4) is 0 Å². The van der Waals surface area contributed by atoms with E-state index in [1.807, 2.05) is 35.2 Å². The second-order valence-corrected chi connectivity index (χ2v) is 6.14. The number of para-hydroxylation sites is 1. The fraction of sp³-hybridized carbons (Fsp3) is 0.263. The van der Waals surface area contributed by atoms with Gasteiger partial charge in [-0.15, -0.1) is 0 Å². The highest BCUT2D eigenvalue weighted by atomic mass is 16.2. The number of nitrogens with one attached hydrogen (secondary N) is 1.